The number of amides is 1. The second-order valence-corrected chi connectivity index (χ2v) is 3.62. The minimum absolute atomic E-state index is 0.0987. The van der Waals surface area contributed by atoms with Crippen molar-refractivity contribution in [2.75, 3.05) is 6.54 Å². The van der Waals surface area contributed by atoms with Crippen LogP contribution >= 0.6 is 0 Å². The van der Waals surface area contributed by atoms with E-state index in [0.717, 1.165) is 6.42 Å². The lowest BCUT2D eigenvalue weighted by atomic mass is 10.1. The Morgan fingerprint density at radius 2 is 2.29 bits per heavy atom. The fourth-order valence-electron chi connectivity index (χ4n) is 1.36. The van der Waals surface area contributed by atoms with Crippen LogP contribution in [0.15, 0.2) is 24.3 Å². The highest BCUT2D eigenvalue weighted by molar-refractivity contribution is 5.95. The Bertz CT molecular complexity index is 416. The van der Waals surface area contributed by atoms with Crippen LogP contribution < -0.4 is 11.1 Å². The van der Waals surface area contributed by atoms with Crippen LogP contribution in [0.2, 0.25) is 0 Å². The van der Waals surface area contributed by atoms with Crippen molar-refractivity contribution in [2.24, 2.45) is 5.73 Å². The van der Waals surface area contributed by atoms with Crippen LogP contribution in [0.3, 0.4) is 0 Å². The van der Waals surface area contributed by atoms with Gasteiger partial charge in [-0.3, -0.25) is 14.9 Å². The number of nitrogens with one attached hydrogen (secondary N) is 1. The highest BCUT2D eigenvalue weighted by atomic mass is 16.6. The SMILES string of the molecule is CCC(CN)NC(=O)c1cccc([N+](=O)[O-])c1. The van der Waals surface area contributed by atoms with Crippen LogP contribution in [0.25, 0.3) is 0 Å². The van der Waals surface area contributed by atoms with Gasteiger partial charge in [0.15, 0.2) is 0 Å². The number of carbonyl (C=O) groups is 1. The van der Waals surface area contributed by atoms with Gasteiger partial charge in [0, 0.05) is 30.3 Å². The van der Waals surface area contributed by atoms with Gasteiger partial charge in [-0.05, 0) is 12.5 Å². The van der Waals surface area contributed by atoms with Crippen molar-refractivity contribution in [3.05, 3.63) is 39.9 Å². The normalized spacial score (nSPS) is 11.9. The standard InChI is InChI=1S/C11H15N3O3/c1-2-9(7-12)13-11(15)8-4-3-5-10(6-8)14(16)17/h3-6,9H,2,7,12H2,1H3,(H,13,15). The third-order valence-corrected chi connectivity index (χ3v) is 2.43. The zero-order chi connectivity index (χ0) is 12.8. The summed E-state index contributed by atoms with van der Waals surface area (Å²) in [5.41, 5.74) is 5.64. The van der Waals surface area contributed by atoms with Crippen LogP contribution in [0.4, 0.5) is 5.69 Å². The molecule has 92 valence electrons. The summed E-state index contributed by atoms with van der Waals surface area (Å²) >= 11 is 0. The minimum atomic E-state index is -0.531. The molecule has 1 rings (SSSR count). The molecule has 6 heteroatoms. The molecule has 1 aromatic rings. The number of nitrogens with zero attached hydrogens (tertiary/aromatic N) is 1. The molecule has 6 nitrogen and oxygen atoms in total. The molecule has 0 aliphatic rings. The van der Waals surface area contributed by atoms with E-state index in [0.29, 0.717) is 6.54 Å². The summed E-state index contributed by atoms with van der Waals surface area (Å²) in [5, 5.41) is 13.3. The highest BCUT2D eigenvalue weighted by Gasteiger charge is 2.13. The molecule has 0 radical (unpaired) electrons. The monoisotopic (exact) mass is 237 g/mol. The zero-order valence-corrected chi connectivity index (χ0v) is 9.55. The van der Waals surface area contributed by atoms with E-state index in [2.05, 4.69) is 5.32 Å². The first-order valence-electron chi connectivity index (χ1n) is 5.33. The number of rotatable bonds is 5. The van der Waals surface area contributed by atoms with E-state index in [4.69, 9.17) is 5.73 Å². The van der Waals surface area contributed by atoms with Crippen LogP contribution in [0.5, 0.6) is 0 Å². The molecule has 0 saturated carbocycles. The quantitative estimate of drug-likeness (QED) is 0.591. The lowest BCUT2D eigenvalue weighted by molar-refractivity contribution is -0.384. The Kier molecular flexibility index (Phi) is 4.59. The molecule has 1 unspecified atom stereocenters. The number of nitro groups is 1. The molecule has 0 aliphatic carbocycles. The fourth-order valence-corrected chi connectivity index (χ4v) is 1.36. The summed E-state index contributed by atoms with van der Waals surface area (Å²) in [7, 11) is 0. The second-order valence-electron chi connectivity index (χ2n) is 3.62. The third-order valence-electron chi connectivity index (χ3n) is 2.43. The van der Waals surface area contributed by atoms with Crippen molar-refractivity contribution < 1.29 is 9.72 Å². The molecule has 0 saturated heterocycles. The average Bonchev–Trinajstić information content (AvgIpc) is 2.35. The van der Waals surface area contributed by atoms with Gasteiger partial charge in [0.25, 0.3) is 11.6 Å². The zero-order valence-electron chi connectivity index (χ0n) is 9.55. The number of hydrogen-bond donors (Lipinski definition) is 2. The van der Waals surface area contributed by atoms with Gasteiger partial charge in [-0.25, -0.2) is 0 Å². The van der Waals surface area contributed by atoms with Crippen molar-refractivity contribution in [2.45, 2.75) is 19.4 Å². The van der Waals surface area contributed by atoms with Gasteiger partial charge in [0.2, 0.25) is 0 Å². The van der Waals surface area contributed by atoms with E-state index in [1.165, 1.54) is 24.3 Å². The first-order valence-corrected chi connectivity index (χ1v) is 5.33. The largest absolute Gasteiger partial charge is 0.348 e. The van der Waals surface area contributed by atoms with Gasteiger partial charge < -0.3 is 11.1 Å². The molecule has 3 N–H and O–H groups in total. The molecule has 0 heterocycles. The van der Waals surface area contributed by atoms with Gasteiger partial charge in [0.1, 0.15) is 0 Å². The van der Waals surface area contributed by atoms with Crippen molar-refractivity contribution in [1.82, 2.24) is 5.32 Å². The average molecular weight is 237 g/mol. The summed E-state index contributed by atoms with van der Waals surface area (Å²) in [5.74, 6) is -0.342. The number of non-ortho nitro benzene ring substituents is 1. The van der Waals surface area contributed by atoms with E-state index in [-0.39, 0.29) is 23.2 Å². The minimum Gasteiger partial charge on any atom is -0.348 e. The van der Waals surface area contributed by atoms with Gasteiger partial charge >= 0.3 is 0 Å². The maximum absolute atomic E-state index is 11.8. The molecule has 1 aromatic carbocycles. The Morgan fingerprint density at radius 3 is 2.82 bits per heavy atom. The Labute approximate surface area is 99.0 Å². The van der Waals surface area contributed by atoms with Crippen molar-refractivity contribution in [1.29, 1.82) is 0 Å². The lowest BCUT2D eigenvalue weighted by Crippen LogP contribution is -2.39. The number of nitro benzene ring substituents is 1. The predicted octanol–water partition coefficient (Wildman–Crippen LogP) is 1.06. The topological polar surface area (TPSA) is 98.3 Å². The lowest BCUT2D eigenvalue weighted by Gasteiger charge is -2.14. The first kappa shape index (κ1) is 13.1. The molecule has 0 aliphatic heterocycles. The molecule has 1 atom stereocenters. The van der Waals surface area contributed by atoms with E-state index >= 15 is 0 Å². The first-order chi connectivity index (χ1) is 8.08. The summed E-state index contributed by atoms with van der Waals surface area (Å²) < 4.78 is 0. The molecule has 0 aromatic heterocycles. The second kappa shape index (κ2) is 5.95. The molecule has 0 bridgehead atoms. The number of carbonyl (C=O) groups excluding carboxylic acids is 1. The third kappa shape index (κ3) is 3.53. The molecule has 0 fully saturated rings. The Hall–Kier alpha value is -1.95. The van der Waals surface area contributed by atoms with Gasteiger partial charge in [-0.2, -0.15) is 0 Å². The molecular formula is C11H15N3O3. The molecule has 17 heavy (non-hydrogen) atoms. The van der Waals surface area contributed by atoms with Crippen LogP contribution in [-0.4, -0.2) is 23.4 Å². The molecular weight excluding hydrogens is 222 g/mol. The maximum Gasteiger partial charge on any atom is 0.270 e. The maximum atomic E-state index is 11.8. The smallest absolute Gasteiger partial charge is 0.270 e. The summed E-state index contributed by atoms with van der Waals surface area (Å²) in [6.45, 7) is 2.25. The van der Waals surface area contributed by atoms with E-state index < -0.39 is 4.92 Å². The Morgan fingerprint density at radius 1 is 1.59 bits per heavy atom. The summed E-state index contributed by atoms with van der Waals surface area (Å²) in [4.78, 5) is 21.8. The number of hydrogen-bond acceptors (Lipinski definition) is 4. The fraction of sp³-hybridized carbons (Fsp3) is 0.364. The van der Waals surface area contributed by atoms with Crippen molar-refractivity contribution >= 4 is 11.6 Å². The van der Waals surface area contributed by atoms with Gasteiger partial charge in [-0.15, -0.1) is 0 Å². The summed E-state index contributed by atoms with van der Waals surface area (Å²) in [6, 6.07) is 5.50. The van der Waals surface area contributed by atoms with Crippen molar-refractivity contribution in [3.8, 4) is 0 Å². The number of benzene rings is 1. The Balaban J connectivity index is 2.82. The van der Waals surface area contributed by atoms with Crippen LogP contribution in [0, 0.1) is 10.1 Å². The van der Waals surface area contributed by atoms with Gasteiger partial charge in [-0.1, -0.05) is 13.0 Å². The number of nitrogens with two attached hydrogens (primary N) is 1. The molecule has 1 amide bonds. The van der Waals surface area contributed by atoms with Crippen LogP contribution in [-0.2, 0) is 0 Å². The van der Waals surface area contributed by atoms with E-state index in [1.807, 2.05) is 6.92 Å². The summed E-state index contributed by atoms with van der Waals surface area (Å²) in [6.07, 6.45) is 0.719. The van der Waals surface area contributed by atoms with Gasteiger partial charge in [0.05, 0.1) is 4.92 Å². The molecule has 0 spiro atoms. The van der Waals surface area contributed by atoms with Crippen LogP contribution in [0.1, 0.15) is 23.7 Å². The highest BCUT2D eigenvalue weighted by Crippen LogP contribution is 2.13. The van der Waals surface area contributed by atoms with E-state index in [9.17, 15) is 14.9 Å². The van der Waals surface area contributed by atoms with E-state index in [1.54, 1.807) is 0 Å². The predicted molar refractivity (Wildman–Crippen MR) is 63.7 cm³/mol. The van der Waals surface area contributed by atoms with Crippen molar-refractivity contribution in [3.63, 3.8) is 0 Å².